The Morgan fingerprint density at radius 1 is 0.923 bits per heavy atom. The zero-order valence-electron chi connectivity index (χ0n) is 9.12. The molecule has 82 valence electrons. The fourth-order valence-electron chi connectivity index (χ4n) is 0.649. The first-order valence-corrected chi connectivity index (χ1v) is 5.12. The van der Waals surface area contributed by atoms with E-state index in [2.05, 4.69) is 13.8 Å². The van der Waals surface area contributed by atoms with Crippen LogP contribution in [0.15, 0.2) is 0 Å². The molecule has 3 heteroatoms. The maximum absolute atomic E-state index is 8.11. The lowest BCUT2D eigenvalue weighted by molar-refractivity contribution is -0.0453. The van der Waals surface area contributed by atoms with Crippen molar-refractivity contribution in [3.05, 3.63) is 0 Å². The van der Waals surface area contributed by atoms with Crippen LogP contribution >= 0.6 is 0 Å². The van der Waals surface area contributed by atoms with Gasteiger partial charge in [-0.1, -0.05) is 27.2 Å². The first-order valence-electron chi connectivity index (χ1n) is 5.12. The number of rotatable bonds is 6. The van der Waals surface area contributed by atoms with Crippen LogP contribution < -0.4 is 0 Å². The van der Waals surface area contributed by atoms with Gasteiger partial charge >= 0.3 is 0 Å². The van der Waals surface area contributed by atoms with Crippen LogP contribution in [0.3, 0.4) is 0 Å². The van der Waals surface area contributed by atoms with Gasteiger partial charge in [0.2, 0.25) is 0 Å². The minimum Gasteiger partial charge on any atom is -0.381 e. The Morgan fingerprint density at radius 2 is 1.38 bits per heavy atom. The third-order valence-electron chi connectivity index (χ3n) is 1.24. The molecule has 3 nitrogen and oxygen atoms in total. The lowest BCUT2D eigenvalue weighted by Gasteiger charge is -1.95. The van der Waals surface area contributed by atoms with Crippen molar-refractivity contribution in [1.82, 2.24) is 0 Å². The minimum atomic E-state index is -1.10. The Kier molecular flexibility index (Phi) is 17.0. The van der Waals surface area contributed by atoms with E-state index >= 15 is 0 Å². The third kappa shape index (κ3) is 24.5. The summed E-state index contributed by atoms with van der Waals surface area (Å²) in [5, 5.41) is 16.2. The molecule has 0 aromatic carbocycles. The van der Waals surface area contributed by atoms with E-state index in [9.17, 15) is 0 Å². The first kappa shape index (κ1) is 15.4. The van der Waals surface area contributed by atoms with Crippen LogP contribution in [0.2, 0.25) is 0 Å². The van der Waals surface area contributed by atoms with Gasteiger partial charge in [0.05, 0.1) is 0 Å². The molecule has 0 aromatic rings. The smallest absolute Gasteiger partial charge is 0.151 e. The predicted molar refractivity (Wildman–Crippen MR) is 54.5 cm³/mol. The molecule has 13 heavy (non-hydrogen) atoms. The summed E-state index contributed by atoms with van der Waals surface area (Å²) >= 11 is 0. The van der Waals surface area contributed by atoms with Gasteiger partial charge in [0.15, 0.2) is 6.29 Å². The van der Waals surface area contributed by atoms with E-state index in [0.29, 0.717) is 6.42 Å². The van der Waals surface area contributed by atoms with Crippen molar-refractivity contribution in [2.24, 2.45) is 0 Å². The average Bonchev–Trinajstić information content (AvgIpc) is 2.06. The molecule has 2 N–H and O–H groups in total. The summed E-state index contributed by atoms with van der Waals surface area (Å²) in [4.78, 5) is 0. The number of ether oxygens (including phenoxy) is 1. The Morgan fingerprint density at radius 3 is 1.54 bits per heavy atom. The Bertz CT molecular complexity index is 70.6. The van der Waals surface area contributed by atoms with Crippen molar-refractivity contribution in [2.45, 2.75) is 52.7 Å². The highest BCUT2D eigenvalue weighted by molar-refractivity contribution is 4.31. The first-order chi connectivity index (χ1) is 6.18. The number of hydrogen-bond donors (Lipinski definition) is 2. The zero-order chi connectivity index (χ0) is 10.5. The van der Waals surface area contributed by atoms with Gasteiger partial charge < -0.3 is 14.9 Å². The van der Waals surface area contributed by atoms with Gasteiger partial charge in [-0.25, -0.2) is 0 Å². The van der Waals surface area contributed by atoms with Crippen LogP contribution in [0.25, 0.3) is 0 Å². The summed E-state index contributed by atoms with van der Waals surface area (Å²) in [5.74, 6) is 0. The second kappa shape index (κ2) is 14.4. The van der Waals surface area contributed by atoms with Gasteiger partial charge in [-0.05, 0) is 19.3 Å². The van der Waals surface area contributed by atoms with Gasteiger partial charge in [0.25, 0.3) is 0 Å². The maximum Gasteiger partial charge on any atom is 0.151 e. The van der Waals surface area contributed by atoms with Crippen LogP contribution in [0.4, 0.5) is 0 Å². The fraction of sp³-hybridized carbons (Fsp3) is 1.00. The lowest BCUT2D eigenvalue weighted by Crippen LogP contribution is -2.01. The van der Waals surface area contributed by atoms with Crippen molar-refractivity contribution in [1.29, 1.82) is 0 Å². The van der Waals surface area contributed by atoms with Crippen LogP contribution in [0.1, 0.15) is 46.5 Å². The molecule has 0 bridgehead atoms. The van der Waals surface area contributed by atoms with Crippen LogP contribution in [0, 0.1) is 0 Å². The molecular weight excluding hydrogens is 168 g/mol. The normalized spacial score (nSPS) is 9.69. The quantitative estimate of drug-likeness (QED) is 0.499. The monoisotopic (exact) mass is 192 g/mol. The molecule has 0 aliphatic heterocycles. The number of aliphatic hydroxyl groups excluding tert-OH is 1. The van der Waals surface area contributed by atoms with E-state index in [1.165, 1.54) is 0 Å². The maximum atomic E-state index is 8.11. The van der Waals surface area contributed by atoms with Crippen molar-refractivity contribution in [3.8, 4) is 0 Å². The fourth-order valence-corrected chi connectivity index (χ4v) is 0.649. The van der Waals surface area contributed by atoms with E-state index in [-0.39, 0.29) is 0 Å². The predicted octanol–water partition coefficient (Wildman–Crippen LogP) is 1.92. The van der Waals surface area contributed by atoms with E-state index in [1.807, 2.05) is 6.92 Å². The number of hydrogen-bond acceptors (Lipinski definition) is 3. The van der Waals surface area contributed by atoms with Gasteiger partial charge in [-0.15, -0.1) is 0 Å². The number of aliphatic hydroxyl groups is 2. The molecule has 0 aliphatic rings. The Labute approximate surface area is 81.7 Å². The van der Waals surface area contributed by atoms with Gasteiger partial charge in [0, 0.05) is 13.2 Å². The van der Waals surface area contributed by atoms with Crippen LogP contribution in [0.5, 0.6) is 0 Å². The topological polar surface area (TPSA) is 49.7 Å². The van der Waals surface area contributed by atoms with Crippen molar-refractivity contribution in [3.63, 3.8) is 0 Å². The van der Waals surface area contributed by atoms with Crippen molar-refractivity contribution < 1.29 is 14.9 Å². The summed E-state index contributed by atoms with van der Waals surface area (Å²) in [6.07, 6.45) is 2.49. The SMILES string of the molecule is CCCC(O)O.CCCOCCC. The lowest BCUT2D eigenvalue weighted by atomic mass is 10.3. The summed E-state index contributed by atoms with van der Waals surface area (Å²) in [7, 11) is 0. The molecule has 0 unspecified atom stereocenters. The molecule has 0 saturated carbocycles. The zero-order valence-corrected chi connectivity index (χ0v) is 9.12. The third-order valence-corrected chi connectivity index (χ3v) is 1.24. The molecule has 0 heterocycles. The van der Waals surface area contributed by atoms with Gasteiger partial charge in [-0.2, -0.15) is 0 Å². The molecule has 0 rings (SSSR count). The molecule has 0 spiro atoms. The largest absolute Gasteiger partial charge is 0.381 e. The molecule has 0 saturated heterocycles. The van der Waals surface area contributed by atoms with Gasteiger partial charge in [-0.3, -0.25) is 0 Å². The second-order valence-electron chi connectivity index (χ2n) is 2.88. The van der Waals surface area contributed by atoms with Gasteiger partial charge in [0.1, 0.15) is 0 Å². The molecule has 0 amide bonds. The van der Waals surface area contributed by atoms with E-state index < -0.39 is 6.29 Å². The van der Waals surface area contributed by atoms with Crippen LogP contribution in [-0.2, 0) is 4.74 Å². The highest BCUT2D eigenvalue weighted by Crippen LogP contribution is 1.88. The molecule has 0 fully saturated rings. The molecular formula is C10H24O3. The Balaban J connectivity index is 0. The standard InChI is InChI=1S/C6H14O.C4H10O2/c1-3-5-7-6-4-2;1-2-3-4(5)6/h3-6H2,1-2H3;4-6H,2-3H2,1H3. The van der Waals surface area contributed by atoms with E-state index in [0.717, 1.165) is 32.5 Å². The average molecular weight is 192 g/mol. The van der Waals surface area contributed by atoms with E-state index in [4.69, 9.17) is 14.9 Å². The minimum absolute atomic E-state index is 0.486. The molecule has 0 atom stereocenters. The van der Waals surface area contributed by atoms with E-state index in [1.54, 1.807) is 0 Å². The van der Waals surface area contributed by atoms with Crippen molar-refractivity contribution >= 4 is 0 Å². The highest BCUT2D eigenvalue weighted by atomic mass is 16.5. The summed E-state index contributed by atoms with van der Waals surface area (Å²) in [5.41, 5.74) is 0. The second-order valence-corrected chi connectivity index (χ2v) is 2.88. The van der Waals surface area contributed by atoms with Crippen molar-refractivity contribution in [2.75, 3.05) is 13.2 Å². The van der Waals surface area contributed by atoms with Crippen LogP contribution in [-0.4, -0.2) is 29.7 Å². The summed E-state index contributed by atoms with van der Waals surface area (Å²) in [6.45, 7) is 7.99. The summed E-state index contributed by atoms with van der Waals surface area (Å²) in [6, 6.07) is 0. The molecule has 0 aliphatic carbocycles. The Hall–Kier alpha value is -0.120. The summed E-state index contributed by atoms with van der Waals surface area (Å²) < 4.78 is 5.13. The molecule has 0 radical (unpaired) electrons. The molecule has 0 aromatic heterocycles. The highest BCUT2D eigenvalue weighted by Gasteiger charge is 1.89.